The van der Waals surface area contributed by atoms with Crippen LogP contribution in [0.25, 0.3) is 0 Å². The van der Waals surface area contributed by atoms with E-state index in [1.54, 1.807) is 36.0 Å². The second-order valence-electron chi connectivity index (χ2n) is 6.86. The van der Waals surface area contributed by atoms with Gasteiger partial charge < -0.3 is 25.3 Å². The number of guanidine groups is 1. The summed E-state index contributed by atoms with van der Waals surface area (Å²) >= 11 is 1.64. The zero-order valence-corrected chi connectivity index (χ0v) is 19.3. The van der Waals surface area contributed by atoms with E-state index in [0.717, 1.165) is 23.3 Å². The summed E-state index contributed by atoms with van der Waals surface area (Å²) in [7, 11) is -1.65. The van der Waals surface area contributed by atoms with Gasteiger partial charge in [-0.15, -0.1) is 0 Å². The molecule has 5 N–H and O–H groups in total. The maximum absolute atomic E-state index is 11.6. The number of aliphatic hydroxyl groups is 2. The number of hydrogen-bond donors (Lipinski definition) is 5. The minimum atomic E-state index is -3.51. The molecule has 0 amide bonds. The molecule has 0 aliphatic rings. The zero-order chi connectivity index (χ0) is 22.7. The number of nitrogens with zero attached hydrogens (tertiary/aromatic N) is 1. The van der Waals surface area contributed by atoms with Crippen molar-refractivity contribution in [2.75, 3.05) is 32.1 Å². The van der Waals surface area contributed by atoms with Crippen LogP contribution in [0.1, 0.15) is 28.8 Å². The number of hydrogen-bond acceptors (Lipinski definition) is 8. The van der Waals surface area contributed by atoms with E-state index in [0.29, 0.717) is 30.2 Å². The van der Waals surface area contributed by atoms with E-state index in [4.69, 9.17) is 9.52 Å². The summed E-state index contributed by atoms with van der Waals surface area (Å²) in [6, 6.07) is 10.7. The summed E-state index contributed by atoms with van der Waals surface area (Å²) in [5.74, 6) is 3.27. The van der Waals surface area contributed by atoms with Crippen molar-refractivity contribution < 1.29 is 23.0 Å². The number of furan rings is 1. The summed E-state index contributed by atoms with van der Waals surface area (Å²) in [5, 5.41) is 25.4. The molecule has 0 saturated heterocycles. The van der Waals surface area contributed by atoms with Crippen LogP contribution >= 0.6 is 11.8 Å². The van der Waals surface area contributed by atoms with Gasteiger partial charge in [0.1, 0.15) is 11.5 Å². The quantitative estimate of drug-likeness (QED) is 0.176. The molecular formula is C20H30N4O5S2. The number of aliphatic hydroxyl groups excluding tert-OH is 2. The van der Waals surface area contributed by atoms with Gasteiger partial charge in [-0.05, 0) is 30.3 Å². The lowest BCUT2D eigenvalue weighted by Gasteiger charge is -2.13. The van der Waals surface area contributed by atoms with Crippen LogP contribution in [0.15, 0.2) is 45.8 Å². The first-order chi connectivity index (χ1) is 14.8. The fourth-order valence-electron chi connectivity index (χ4n) is 2.61. The molecule has 0 saturated carbocycles. The normalized spacial score (nSPS) is 13.2. The summed E-state index contributed by atoms with van der Waals surface area (Å²) in [4.78, 5) is 4.19. The molecule has 11 heteroatoms. The fourth-order valence-corrected chi connectivity index (χ4v) is 3.85. The Hall–Kier alpha value is -2.05. The molecule has 172 valence electrons. The Morgan fingerprint density at radius 3 is 2.55 bits per heavy atom. The largest absolute Gasteiger partial charge is 0.464 e. The van der Waals surface area contributed by atoms with E-state index in [2.05, 4.69) is 20.3 Å². The van der Waals surface area contributed by atoms with Gasteiger partial charge in [0.15, 0.2) is 0 Å². The van der Waals surface area contributed by atoms with Crippen LogP contribution < -0.4 is 15.4 Å². The van der Waals surface area contributed by atoms with Crippen LogP contribution in [0, 0.1) is 0 Å². The molecule has 0 aliphatic heterocycles. The van der Waals surface area contributed by atoms with Gasteiger partial charge in [-0.25, -0.2) is 13.4 Å². The van der Waals surface area contributed by atoms with Crippen molar-refractivity contribution in [2.45, 2.75) is 25.0 Å². The Bertz CT molecular complexity index is 929. The molecule has 0 spiro atoms. The Labute approximate surface area is 187 Å². The van der Waals surface area contributed by atoms with Crippen molar-refractivity contribution in [3.63, 3.8) is 0 Å². The topological polar surface area (TPSA) is 136 Å². The molecule has 1 atom stereocenters. The number of rotatable bonds is 12. The van der Waals surface area contributed by atoms with Crippen LogP contribution in [-0.2, 0) is 28.9 Å². The maximum atomic E-state index is 11.6. The Morgan fingerprint density at radius 1 is 1.19 bits per heavy atom. The van der Waals surface area contributed by atoms with Crippen molar-refractivity contribution in [3.8, 4) is 0 Å². The van der Waals surface area contributed by atoms with Crippen LogP contribution in [0.2, 0.25) is 0 Å². The molecule has 31 heavy (non-hydrogen) atoms. The van der Waals surface area contributed by atoms with E-state index in [1.807, 2.05) is 19.2 Å². The fraction of sp³-hybridized carbons (Fsp3) is 0.450. The third-order valence-electron chi connectivity index (χ3n) is 4.10. The van der Waals surface area contributed by atoms with Gasteiger partial charge in [0.05, 0.1) is 37.8 Å². The van der Waals surface area contributed by atoms with Gasteiger partial charge in [-0.1, -0.05) is 24.3 Å². The molecule has 0 aliphatic carbocycles. The van der Waals surface area contributed by atoms with Crippen LogP contribution in [0.4, 0.5) is 0 Å². The van der Waals surface area contributed by atoms with E-state index >= 15 is 0 Å². The molecule has 0 bridgehead atoms. The lowest BCUT2D eigenvalue weighted by atomic mass is 10.1. The third-order valence-corrected chi connectivity index (χ3v) is 5.65. The highest BCUT2D eigenvalue weighted by atomic mass is 32.2. The highest BCUT2D eigenvalue weighted by molar-refractivity contribution is 7.98. The summed E-state index contributed by atoms with van der Waals surface area (Å²) in [6.45, 7) is 1.07. The Morgan fingerprint density at radius 2 is 1.90 bits per heavy atom. The molecule has 1 heterocycles. The van der Waals surface area contributed by atoms with E-state index < -0.39 is 16.1 Å². The minimum absolute atomic E-state index is 0.0168. The number of aliphatic imine (C=N–C) groups is 1. The van der Waals surface area contributed by atoms with Gasteiger partial charge in [-0.3, -0.25) is 4.72 Å². The number of sulfonamides is 1. The van der Waals surface area contributed by atoms with Crippen molar-refractivity contribution in [1.82, 2.24) is 15.4 Å². The van der Waals surface area contributed by atoms with Crippen LogP contribution in [-0.4, -0.2) is 56.7 Å². The highest BCUT2D eigenvalue weighted by Crippen LogP contribution is 2.16. The summed E-state index contributed by atoms with van der Waals surface area (Å²) in [6.07, 6.45) is 0.147. The van der Waals surface area contributed by atoms with Crippen molar-refractivity contribution in [3.05, 3.63) is 59.0 Å². The Balaban J connectivity index is 1.84. The Kier molecular flexibility index (Phi) is 10.3. The molecule has 1 unspecified atom stereocenters. The van der Waals surface area contributed by atoms with E-state index in [9.17, 15) is 13.5 Å². The number of thioether (sulfide) groups is 1. The second kappa shape index (κ2) is 12.7. The number of benzene rings is 1. The smallest absolute Gasteiger partial charge is 0.232 e. The SMILES string of the molecule is CNCc1ccc(CSCCNC(=NCC(O)c2ccc(CO)cc2)NS(C)(=O)=O)o1. The van der Waals surface area contributed by atoms with Crippen molar-refractivity contribution >= 4 is 27.7 Å². The van der Waals surface area contributed by atoms with Gasteiger partial charge in [-0.2, -0.15) is 11.8 Å². The first-order valence-corrected chi connectivity index (χ1v) is 12.8. The predicted molar refractivity (Wildman–Crippen MR) is 123 cm³/mol. The average Bonchev–Trinajstić information content (AvgIpc) is 3.18. The van der Waals surface area contributed by atoms with Gasteiger partial charge in [0, 0.05) is 12.3 Å². The van der Waals surface area contributed by atoms with Gasteiger partial charge in [0.2, 0.25) is 16.0 Å². The lowest BCUT2D eigenvalue weighted by Crippen LogP contribution is -2.41. The van der Waals surface area contributed by atoms with E-state index in [-0.39, 0.29) is 19.1 Å². The molecule has 1 aromatic heterocycles. The predicted octanol–water partition coefficient (Wildman–Crippen LogP) is 0.953. The highest BCUT2D eigenvalue weighted by Gasteiger charge is 2.10. The van der Waals surface area contributed by atoms with Gasteiger partial charge >= 0.3 is 0 Å². The minimum Gasteiger partial charge on any atom is -0.464 e. The third kappa shape index (κ3) is 9.74. The molecule has 1 aromatic carbocycles. The standard InChI is InChI=1S/C20H30N4O5S2/c1-21-11-17-7-8-18(29-17)14-30-10-9-22-20(24-31(2,27)28)23-12-19(26)16-5-3-15(13-25)4-6-16/h3-8,19,21,25-26H,9-14H2,1-2H3,(H2,22,23,24). The summed E-state index contributed by atoms with van der Waals surface area (Å²) in [5.41, 5.74) is 1.37. The van der Waals surface area contributed by atoms with Gasteiger partial charge in [0.25, 0.3) is 0 Å². The summed E-state index contributed by atoms with van der Waals surface area (Å²) < 4.78 is 31.2. The molecule has 9 nitrogen and oxygen atoms in total. The first kappa shape index (κ1) is 25.2. The molecule has 2 aromatic rings. The maximum Gasteiger partial charge on any atom is 0.232 e. The average molecular weight is 471 g/mol. The van der Waals surface area contributed by atoms with Crippen molar-refractivity contribution in [1.29, 1.82) is 0 Å². The molecular weight excluding hydrogens is 440 g/mol. The molecule has 0 fully saturated rings. The van der Waals surface area contributed by atoms with Crippen LogP contribution in [0.3, 0.4) is 0 Å². The first-order valence-electron chi connectivity index (χ1n) is 9.74. The van der Waals surface area contributed by atoms with Crippen molar-refractivity contribution in [2.24, 2.45) is 4.99 Å². The zero-order valence-electron chi connectivity index (χ0n) is 17.7. The lowest BCUT2D eigenvalue weighted by molar-refractivity contribution is 0.187. The monoisotopic (exact) mass is 470 g/mol. The second-order valence-corrected chi connectivity index (χ2v) is 9.71. The number of nitrogens with one attached hydrogen (secondary N) is 3. The molecule has 0 radical (unpaired) electrons. The van der Waals surface area contributed by atoms with Crippen LogP contribution in [0.5, 0.6) is 0 Å². The van der Waals surface area contributed by atoms with E-state index in [1.165, 1.54) is 0 Å². The molecule has 2 rings (SSSR count).